The summed E-state index contributed by atoms with van der Waals surface area (Å²) in [5.41, 5.74) is 0.706. The van der Waals surface area contributed by atoms with Gasteiger partial charge in [0.15, 0.2) is 0 Å². The summed E-state index contributed by atoms with van der Waals surface area (Å²) in [5.74, 6) is -1.02. The lowest BCUT2D eigenvalue weighted by atomic mass is 10.0. The molecule has 0 saturated carbocycles. The number of benzene rings is 1. The van der Waals surface area contributed by atoms with Crippen molar-refractivity contribution >= 4 is 11.9 Å². The first-order valence-electron chi connectivity index (χ1n) is 6.79. The Labute approximate surface area is 129 Å². The molecule has 7 heteroatoms. The second kappa shape index (κ2) is 9.75. The summed E-state index contributed by atoms with van der Waals surface area (Å²) in [5, 5.41) is 11.7. The van der Waals surface area contributed by atoms with Gasteiger partial charge in [0.05, 0.1) is 20.3 Å². The van der Waals surface area contributed by atoms with Gasteiger partial charge in [0.2, 0.25) is 5.91 Å². The number of aliphatic carboxylic acids is 1. The van der Waals surface area contributed by atoms with E-state index in [0.29, 0.717) is 17.9 Å². The van der Waals surface area contributed by atoms with Crippen LogP contribution in [0.15, 0.2) is 24.3 Å². The molecule has 0 heterocycles. The molecule has 1 atom stereocenters. The van der Waals surface area contributed by atoms with Crippen LogP contribution in [0.1, 0.15) is 5.56 Å². The summed E-state index contributed by atoms with van der Waals surface area (Å²) in [4.78, 5) is 23.0. The molecule has 0 aliphatic rings. The standard InChI is InChI=1S/C15H21NO6/c1-20-7-8-22-10-14(17)16-12(15(18)19)9-11-5-3-4-6-13(11)21-2/h3-6,12H,7-10H2,1-2H3,(H,16,17)(H,18,19)/t12-/m1/s1. The lowest BCUT2D eigenvalue weighted by Gasteiger charge is -2.16. The summed E-state index contributed by atoms with van der Waals surface area (Å²) in [6, 6.07) is 6.03. The highest BCUT2D eigenvalue weighted by Gasteiger charge is 2.21. The lowest BCUT2D eigenvalue weighted by Crippen LogP contribution is -2.44. The Hall–Kier alpha value is -2.12. The molecule has 7 nitrogen and oxygen atoms in total. The number of ether oxygens (including phenoxy) is 3. The van der Waals surface area contributed by atoms with Crippen LogP contribution in [0.4, 0.5) is 0 Å². The van der Waals surface area contributed by atoms with Gasteiger partial charge < -0.3 is 24.6 Å². The quantitative estimate of drug-likeness (QED) is 0.610. The van der Waals surface area contributed by atoms with E-state index in [0.717, 1.165) is 0 Å². The first-order chi connectivity index (χ1) is 10.6. The van der Waals surface area contributed by atoms with E-state index in [9.17, 15) is 14.7 Å². The van der Waals surface area contributed by atoms with Gasteiger partial charge in [-0.3, -0.25) is 4.79 Å². The van der Waals surface area contributed by atoms with E-state index in [2.05, 4.69) is 5.32 Å². The van der Waals surface area contributed by atoms with Gasteiger partial charge >= 0.3 is 5.97 Å². The molecular formula is C15H21NO6. The second-order valence-corrected chi connectivity index (χ2v) is 4.52. The van der Waals surface area contributed by atoms with Crippen LogP contribution in [0.25, 0.3) is 0 Å². The summed E-state index contributed by atoms with van der Waals surface area (Å²) in [6.45, 7) is 0.435. The van der Waals surface area contributed by atoms with Crippen molar-refractivity contribution in [3.63, 3.8) is 0 Å². The van der Waals surface area contributed by atoms with Crippen molar-refractivity contribution in [2.75, 3.05) is 34.0 Å². The summed E-state index contributed by atoms with van der Waals surface area (Å²) >= 11 is 0. The van der Waals surface area contributed by atoms with E-state index in [-0.39, 0.29) is 19.6 Å². The van der Waals surface area contributed by atoms with Crippen molar-refractivity contribution in [1.82, 2.24) is 5.32 Å². The number of carboxylic acids is 1. The number of hydrogen-bond acceptors (Lipinski definition) is 5. The molecule has 0 aliphatic carbocycles. The molecule has 0 aromatic heterocycles. The van der Waals surface area contributed by atoms with Crippen LogP contribution in [0.2, 0.25) is 0 Å². The minimum absolute atomic E-state index is 0.128. The average molecular weight is 311 g/mol. The predicted molar refractivity (Wildman–Crippen MR) is 79.0 cm³/mol. The van der Waals surface area contributed by atoms with Gasteiger partial charge in [-0.05, 0) is 11.6 Å². The first kappa shape index (κ1) is 17.9. The molecule has 0 saturated heterocycles. The molecule has 0 bridgehead atoms. The zero-order chi connectivity index (χ0) is 16.4. The third-order valence-corrected chi connectivity index (χ3v) is 2.91. The van der Waals surface area contributed by atoms with E-state index in [4.69, 9.17) is 14.2 Å². The highest BCUT2D eigenvalue weighted by molar-refractivity contribution is 5.84. The molecule has 22 heavy (non-hydrogen) atoms. The molecule has 0 spiro atoms. The average Bonchev–Trinajstić information content (AvgIpc) is 2.51. The number of carboxylic acid groups (broad SMARTS) is 1. The van der Waals surface area contributed by atoms with Gasteiger partial charge in [-0.2, -0.15) is 0 Å². The molecule has 1 aromatic rings. The maximum Gasteiger partial charge on any atom is 0.326 e. The Morgan fingerprint density at radius 2 is 1.95 bits per heavy atom. The minimum Gasteiger partial charge on any atom is -0.496 e. The summed E-state index contributed by atoms with van der Waals surface area (Å²) in [7, 11) is 3.04. The van der Waals surface area contributed by atoms with Crippen LogP contribution in [-0.4, -0.2) is 57.1 Å². The van der Waals surface area contributed by atoms with E-state index in [1.54, 1.807) is 24.3 Å². The van der Waals surface area contributed by atoms with Gasteiger partial charge in [0, 0.05) is 13.5 Å². The van der Waals surface area contributed by atoms with Crippen LogP contribution in [0.5, 0.6) is 5.75 Å². The van der Waals surface area contributed by atoms with Gasteiger partial charge in [-0.1, -0.05) is 18.2 Å². The van der Waals surface area contributed by atoms with Crippen LogP contribution in [0.3, 0.4) is 0 Å². The van der Waals surface area contributed by atoms with E-state index in [1.807, 2.05) is 0 Å². The molecular weight excluding hydrogens is 290 g/mol. The number of amides is 1. The molecule has 0 radical (unpaired) electrons. The number of carbonyl (C=O) groups excluding carboxylic acids is 1. The Balaban J connectivity index is 2.58. The summed E-state index contributed by atoms with van der Waals surface area (Å²) in [6.07, 6.45) is 0.128. The van der Waals surface area contributed by atoms with E-state index in [1.165, 1.54) is 14.2 Å². The maximum absolute atomic E-state index is 11.7. The van der Waals surface area contributed by atoms with Gasteiger partial charge in [-0.15, -0.1) is 0 Å². The van der Waals surface area contributed by atoms with Crippen molar-refractivity contribution in [1.29, 1.82) is 0 Å². The minimum atomic E-state index is -1.11. The highest BCUT2D eigenvalue weighted by Crippen LogP contribution is 2.19. The maximum atomic E-state index is 11.7. The SMILES string of the molecule is COCCOCC(=O)N[C@H](Cc1ccccc1OC)C(=O)O. The number of methoxy groups -OCH3 is 2. The lowest BCUT2D eigenvalue weighted by molar-refractivity contribution is -0.142. The van der Waals surface area contributed by atoms with Crippen molar-refractivity contribution in [2.24, 2.45) is 0 Å². The summed E-state index contributed by atoms with van der Waals surface area (Å²) < 4.78 is 15.0. The fraction of sp³-hybridized carbons (Fsp3) is 0.467. The second-order valence-electron chi connectivity index (χ2n) is 4.52. The Bertz CT molecular complexity index is 491. The fourth-order valence-corrected chi connectivity index (χ4v) is 1.83. The predicted octanol–water partition coefficient (Wildman–Crippen LogP) is 0.470. The zero-order valence-corrected chi connectivity index (χ0v) is 12.7. The largest absolute Gasteiger partial charge is 0.496 e. The first-order valence-corrected chi connectivity index (χ1v) is 6.79. The third-order valence-electron chi connectivity index (χ3n) is 2.91. The molecule has 0 aliphatic heterocycles. The third kappa shape index (κ3) is 6.11. The normalized spacial score (nSPS) is 11.7. The van der Waals surface area contributed by atoms with Crippen LogP contribution in [0, 0.1) is 0 Å². The van der Waals surface area contributed by atoms with Gasteiger partial charge in [0.1, 0.15) is 18.4 Å². The number of para-hydroxylation sites is 1. The van der Waals surface area contributed by atoms with Crippen LogP contribution in [-0.2, 0) is 25.5 Å². The number of nitrogens with one attached hydrogen (secondary N) is 1. The number of hydrogen-bond donors (Lipinski definition) is 2. The zero-order valence-electron chi connectivity index (χ0n) is 12.7. The molecule has 1 amide bonds. The topological polar surface area (TPSA) is 94.1 Å². The molecule has 0 fully saturated rings. The van der Waals surface area contributed by atoms with Crippen LogP contribution >= 0.6 is 0 Å². The van der Waals surface area contributed by atoms with E-state index >= 15 is 0 Å². The van der Waals surface area contributed by atoms with Gasteiger partial charge in [0.25, 0.3) is 0 Å². The smallest absolute Gasteiger partial charge is 0.326 e. The molecule has 122 valence electrons. The van der Waals surface area contributed by atoms with Crippen molar-refractivity contribution < 1.29 is 28.9 Å². The Morgan fingerprint density at radius 3 is 2.59 bits per heavy atom. The Morgan fingerprint density at radius 1 is 1.23 bits per heavy atom. The molecule has 0 unspecified atom stereocenters. The van der Waals surface area contributed by atoms with Crippen LogP contribution < -0.4 is 10.1 Å². The van der Waals surface area contributed by atoms with Crippen molar-refractivity contribution in [3.05, 3.63) is 29.8 Å². The molecule has 1 rings (SSSR count). The number of rotatable bonds is 10. The molecule has 1 aromatic carbocycles. The van der Waals surface area contributed by atoms with Crippen molar-refractivity contribution in [3.8, 4) is 5.75 Å². The van der Waals surface area contributed by atoms with Gasteiger partial charge in [-0.25, -0.2) is 4.79 Å². The van der Waals surface area contributed by atoms with E-state index < -0.39 is 17.9 Å². The van der Waals surface area contributed by atoms with Crippen molar-refractivity contribution in [2.45, 2.75) is 12.5 Å². The number of carbonyl (C=O) groups is 2. The Kier molecular flexibility index (Phi) is 7.95. The monoisotopic (exact) mass is 311 g/mol. The highest BCUT2D eigenvalue weighted by atomic mass is 16.5. The fourth-order valence-electron chi connectivity index (χ4n) is 1.83. The molecule has 2 N–H and O–H groups in total.